The van der Waals surface area contributed by atoms with E-state index in [2.05, 4.69) is 10.2 Å². The summed E-state index contributed by atoms with van der Waals surface area (Å²) >= 11 is 0. The Balaban J connectivity index is 1.05. The molecule has 0 spiro atoms. The Morgan fingerprint density at radius 1 is 1.00 bits per heavy atom. The molecule has 6 nitrogen and oxygen atoms in total. The number of hydrogen-bond acceptors (Lipinski definition) is 4. The predicted octanol–water partition coefficient (Wildman–Crippen LogP) is 4.16. The third-order valence-corrected chi connectivity index (χ3v) is 8.57. The standard InChI is InChI=1S/C27H39N3O3/c1-20(31)30-10-8-29(9-11-30)7-2-3-12-33-25-6-4-5-24(16-25)28-26(32)27-17-21-13-22(18-27)15-23(14-21)19-27/h4-6,16,21-23H,2-3,7-15,17-19H2,1H3,(H,28,32). The van der Waals surface area contributed by atoms with Crippen LogP contribution in [0.5, 0.6) is 5.75 Å². The fourth-order valence-electron chi connectivity index (χ4n) is 7.23. The molecule has 0 radical (unpaired) electrons. The van der Waals surface area contributed by atoms with E-state index in [1.165, 1.54) is 19.3 Å². The molecule has 1 aromatic rings. The molecular formula is C27H39N3O3. The summed E-state index contributed by atoms with van der Waals surface area (Å²) in [5, 5.41) is 3.24. The lowest BCUT2D eigenvalue weighted by atomic mass is 9.49. The normalized spacial score (nSPS) is 30.9. The molecule has 33 heavy (non-hydrogen) atoms. The zero-order chi connectivity index (χ0) is 22.8. The van der Waals surface area contributed by atoms with Crippen LogP contribution in [0.25, 0.3) is 0 Å². The first-order valence-corrected chi connectivity index (χ1v) is 13.0. The van der Waals surface area contributed by atoms with E-state index in [1.54, 1.807) is 6.92 Å². The lowest BCUT2D eigenvalue weighted by molar-refractivity contribution is -0.140. The van der Waals surface area contributed by atoms with Gasteiger partial charge in [0, 0.05) is 44.9 Å². The Morgan fingerprint density at radius 3 is 2.30 bits per heavy atom. The van der Waals surface area contributed by atoms with Gasteiger partial charge in [-0.25, -0.2) is 0 Å². The average molecular weight is 454 g/mol. The van der Waals surface area contributed by atoms with Crippen molar-refractivity contribution in [2.24, 2.45) is 23.2 Å². The Bertz CT molecular complexity index is 827. The molecular weight excluding hydrogens is 414 g/mol. The van der Waals surface area contributed by atoms with Crippen LogP contribution in [0, 0.1) is 23.2 Å². The molecule has 1 heterocycles. The molecule has 1 N–H and O–H groups in total. The smallest absolute Gasteiger partial charge is 0.230 e. The summed E-state index contributed by atoms with van der Waals surface area (Å²) in [7, 11) is 0. The summed E-state index contributed by atoms with van der Waals surface area (Å²) in [6, 6.07) is 7.89. The monoisotopic (exact) mass is 453 g/mol. The molecule has 6 rings (SSSR count). The van der Waals surface area contributed by atoms with Crippen molar-refractivity contribution < 1.29 is 14.3 Å². The fraction of sp³-hybridized carbons (Fsp3) is 0.704. The molecule has 1 saturated heterocycles. The van der Waals surface area contributed by atoms with Gasteiger partial charge in [-0.15, -0.1) is 0 Å². The summed E-state index contributed by atoms with van der Waals surface area (Å²) in [5.41, 5.74) is 0.734. The van der Waals surface area contributed by atoms with Gasteiger partial charge in [-0.2, -0.15) is 0 Å². The number of nitrogens with zero attached hydrogens (tertiary/aromatic N) is 2. The molecule has 4 saturated carbocycles. The lowest BCUT2D eigenvalue weighted by Gasteiger charge is -2.55. The van der Waals surface area contributed by atoms with Crippen molar-refractivity contribution in [3.05, 3.63) is 24.3 Å². The second-order valence-corrected chi connectivity index (χ2v) is 11.1. The van der Waals surface area contributed by atoms with Gasteiger partial charge in [-0.3, -0.25) is 14.5 Å². The Kier molecular flexibility index (Phi) is 6.64. The minimum Gasteiger partial charge on any atom is -0.494 e. The van der Waals surface area contributed by atoms with E-state index >= 15 is 0 Å². The van der Waals surface area contributed by atoms with Crippen molar-refractivity contribution in [1.29, 1.82) is 0 Å². The van der Waals surface area contributed by atoms with Crippen LogP contribution in [0.4, 0.5) is 5.69 Å². The summed E-state index contributed by atoms with van der Waals surface area (Å²) in [6.45, 7) is 6.99. The molecule has 1 aliphatic heterocycles. The number of rotatable bonds is 8. The zero-order valence-electron chi connectivity index (χ0n) is 20.1. The molecule has 5 fully saturated rings. The highest BCUT2D eigenvalue weighted by Gasteiger charge is 2.54. The molecule has 5 aliphatic rings. The molecule has 0 atom stereocenters. The first-order chi connectivity index (χ1) is 16.0. The number of hydrogen-bond donors (Lipinski definition) is 1. The second kappa shape index (κ2) is 9.65. The maximum Gasteiger partial charge on any atom is 0.230 e. The number of carbonyl (C=O) groups excluding carboxylic acids is 2. The van der Waals surface area contributed by atoms with Crippen molar-refractivity contribution in [2.45, 2.75) is 58.3 Å². The van der Waals surface area contributed by atoms with E-state index in [0.717, 1.165) is 94.0 Å². The molecule has 0 aromatic heterocycles. The predicted molar refractivity (Wildman–Crippen MR) is 129 cm³/mol. The quantitative estimate of drug-likeness (QED) is 0.601. The van der Waals surface area contributed by atoms with Gasteiger partial charge in [0.25, 0.3) is 0 Å². The van der Waals surface area contributed by atoms with Crippen LogP contribution < -0.4 is 10.1 Å². The van der Waals surface area contributed by atoms with Crippen LogP contribution in [0.1, 0.15) is 58.3 Å². The van der Waals surface area contributed by atoms with E-state index in [0.29, 0.717) is 6.61 Å². The van der Waals surface area contributed by atoms with Gasteiger partial charge in [0.15, 0.2) is 0 Å². The molecule has 2 amide bonds. The van der Waals surface area contributed by atoms with Crippen LogP contribution in [-0.2, 0) is 9.59 Å². The lowest BCUT2D eigenvalue weighted by Crippen LogP contribution is -2.51. The number of carbonyl (C=O) groups is 2. The summed E-state index contributed by atoms with van der Waals surface area (Å²) in [4.78, 5) is 29.1. The molecule has 6 heteroatoms. The van der Waals surface area contributed by atoms with Crippen molar-refractivity contribution in [2.75, 3.05) is 44.6 Å². The number of nitrogens with one attached hydrogen (secondary N) is 1. The van der Waals surface area contributed by atoms with Crippen molar-refractivity contribution in [3.63, 3.8) is 0 Å². The van der Waals surface area contributed by atoms with E-state index < -0.39 is 0 Å². The SMILES string of the molecule is CC(=O)N1CCN(CCCCOc2cccc(NC(=O)C34CC5CC(CC(C5)C3)C4)c2)CC1. The highest BCUT2D eigenvalue weighted by molar-refractivity contribution is 5.95. The molecule has 0 unspecified atom stereocenters. The van der Waals surface area contributed by atoms with Crippen molar-refractivity contribution in [3.8, 4) is 5.75 Å². The topological polar surface area (TPSA) is 61.9 Å². The zero-order valence-corrected chi connectivity index (χ0v) is 20.1. The van der Waals surface area contributed by atoms with Crippen LogP contribution in [-0.4, -0.2) is 60.9 Å². The van der Waals surface area contributed by atoms with Crippen molar-refractivity contribution >= 4 is 17.5 Å². The number of amides is 2. The van der Waals surface area contributed by atoms with Gasteiger partial charge in [-0.1, -0.05) is 6.07 Å². The Morgan fingerprint density at radius 2 is 1.67 bits per heavy atom. The number of ether oxygens (including phenoxy) is 1. The number of unbranched alkanes of at least 4 members (excludes halogenated alkanes) is 1. The number of benzene rings is 1. The molecule has 180 valence electrons. The third kappa shape index (κ3) is 5.21. The number of anilines is 1. The van der Waals surface area contributed by atoms with Crippen molar-refractivity contribution in [1.82, 2.24) is 9.80 Å². The minimum atomic E-state index is -0.123. The van der Waals surface area contributed by atoms with Gasteiger partial charge >= 0.3 is 0 Å². The summed E-state index contributed by atoms with van der Waals surface area (Å²) in [5.74, 6) is 3.57. The fourth-order valence-corrected chi connectivity index (χ4v) is 7.23. The van der Waals surface area contributed by atoms with E-state index in [1.807, 2.05) is 29.2 Å². The summed E-state index contributed by atoms with van der Waals surface area (Å²) < 4.78 is 5.99. The van der Waals surface area contributed by atoms with Gasteiger partial charge in [0.2, 0.25) is 11.8 Å². The van der Waals surface area contributed by atoms with Gasteiger partial charge in [0.1, 0.15) is 5.75 Å². The van der Waals surface area contributed by atoms with E-state index in [4.69, 9.17) is 4.74 Å². The van der Waals surface area contributed by atoms with Gasteiger partial charge in [0.05, 0.1) is 12.0 Å². The minimum absolute atomic E-state index is 0.123. The molecule has 4 aliphatic carbocycles. The Labute approximate surface area is 198 Å². The maximum atomic E-state index is 13.3. The third-order valence-electron chi connectivity index (χ3n) is 8.57. The van der Waals surface area contributed by atoms with Crippen LogP contribution in [0.15, 0.2) is 24.3 Å². The average Bonchev–Trinajstić information content (AvgIpc) is 2.78. The highest BCUT2D eigenvalue weighted by atomic mass is 16.5. The Hall–Kier alpha value is -2.08. The second-order valence-electron chi connectivity index (χ2n) is 11.1. The van der Waals surface area contributed by atoms with Gasteiger partial charge < -0.3 is 15.0 Å². The van der Waals surface area contributed by atoms with Crippen LogP contribution in [0.3, 0.4) is 0 Å². The maximum absolute atomic E-state index is 13.3. The van der Waals surface area contributed by atoms with Gasteiger partial charge in [-0.05, 0) is 87.8 Å². The highest BCUT2D eigenvalue weighted by Crippen LogP contribution is 2.60. The molecule has 1 aromatic carbocycles. The molecule has 4 bridgehead atoms. The number of piperazine rings is 1. The summed E-state index contributed by atoms with van der Waals surface area (Å²) in [6.07, 6.45) is 9.40. The van der Waals surface area contributed by atoms with Crippen LogP contribution >= 0.6 is 0 Å². The largest absolute Gasteiger partial charge is 0.494 e. The van der Waals surface area contributed by atoms with E-state index in [9.17, 15) is 9.59 Å². The first kappa shape index (κ1) is 22.7. The van der Waals surface area contributed by atoms with Crippen LogP contribution in [0.2, 0.25) is 0 Å². The first-order valence-electron chi connectivity index (χ1n) is 13.0. The van der Waals surface area contributed by atoms with E-state index in [-0.39, 0.29) is 17.2 Å².